The molecule has 0 aromatic heterocycles. The molecule has 4 heteroatoms. The van der Waals surface area contributed by atoms with Crippen LogP contribution in [0.5, 0.6) is 0 Å². The summed E-state index contributed by atoms with van der Waals surface area (Å²) in [5, 5.41) is 10.5. The van der Waals surface area contributed by atoms with Gasteiger partial charge in [-0.05, 0) is 31.2 Å². The van der Waals surface area contributed by atoms with Crippen LogP contribution in [0.3, 0.4) is 0 Å². The lowest BCUT2D eigenvalue weighted by Crippen LogP contribution is -2.44. The summed E-state index contributed by atoms with van der Waals surface area (Å²) in [6.07, 6.45) is 2.41. The van der Waals surface area contributed by atoms with Crippen LogP contribution >= 0.6 is 0 Å². The molecule has 110 valence electrons. The number of piperidine rings is 1. The van der Waals surface area contributed by atoms with Crippen LogP contribution in [0.25, 0.3) is 0 Å². The average molecular weight is 275 g/mol. The molecule has 2 rings (SSSR count). The normalized spacial score (nSPS) is 23.4. The smallest absolute Gasteiger partial charge is 0.191 e. The highest BCUT2D eigenvalue weighted by Gasteiger charge is 2.23. The number of hydrogen-bond acceptors (Lipinski definition) is 2. The van der Waals surface area contributed by atoms with Crippen LogP contribution in [-0.2, 0) is 5.60 Å². The van der Waals surface area contributed by atoms with Crippen LogP contribution < -0.4 is 5.73 Å². The van der Waals surface area contributed by atoms with Gasteiger partial charge in [0, 0.05) is 13.1 Å². The van der Waals surface area contributed by atoms with E-state index in [1.54, 1.807) is 6.92 Å². The predicted molar refractivity (Wildman–Crippen MR) is 82.5 cm³/mol. The Hall–Kier alpha value is -1.55. The largest absolute Gasteiger partial charge is 0.384 e. The van der Waals surface area contributed by atoms with Gasteiger partial charge in [0.2, 0.25) is 0 Å². The lowest BCUT2D eigenvalue weighted by atomic mass is 9.96. The minimum atomic E-state index is -0.979. The molecular weight excluding hydrogens is 250 g/mol. The highest BCUT2D eigenvalue weighted by atomic mass is 16.3. The van der Waals surface area contributed by atoms with Crippen molar-refractivity contribution in [3.05, 3.63) is 35.9 Å². The first-order chi connectivity index (χ1) is 9.49. The third-order valence-electron chi connectivity index (χ3n) is 3.93. The first-order valence-corrected chi connectivity index (χ1v) is 7.32. The second-order valence-corrected chi connectivity index (χ2v) is 6.01. The van der Waals surface area contributed by atoms with Gasteiger partial charge in [0.25, 0.3) is 0 Å². The maximum atomic E-state index is 10.5. The summed E-state index contributed by atoms with van der Waals surface area (Å²) in [7, 11) is 0. The Morgan fingerprint density at radius 1 is 1.45 bits per heavy atom. The van der Waals surface area contributed by atoms with Crippen molar-refractivity contribution in [2.45, 2.75) is 32.3 Å². The zero-order valence-electron chi connectivity index (χ0n) is 12.4. The zero-order valence-corrected chi connectivity index (χ0v) is 12.4. The van der Waals surface area contributed by atoms with Crippen molar-refractivity contribution in [2.75, 3.05) is 19.6 Å². The topological polar surface area (TPSA) is 61.8 Å². The fraction of sp³-hybridized carbons (Fsp3) is 0.562. The van der Waals surface area contributed by atoms with Crippen molar-refractivity contribution in [2.24, 2.45) is 16.6 Å². The molecule has 4 nitrogen and oxygen atoms in total. The van der Waals surface area contributed by atoms with E-state index in [1.165, 1.54) is 6.42 Å². The number of hydrogen-bond donors (Lipinski definition) is 2. The van der Waals surface area contributed by atoms with Crippen LogP contribution in [-0.4, -0.2) is 35.6 Å². The van der Waals surface area contributed by atoms with Gasteiger partial charge in [-0.2, -0.15) is 0 Å². The molecule has 1 aliphatic rings. The van der Waals surface area contributed by atoms with Gasteiger partial charge in [-0.25, -0.2) is 4.99 Å². The Balaban J connectivity index is 2.00. The van der Waals surface area contributed by atoms with E-state index in [2.05, 4.69) is 16.8 Å². The van der Waals surface area contributed by atoms with Gasteiger partial charge < -0.3 is 15.7 Å². The summed E-state index contributed by atoms with van der Waals surface area (Å²) in [4.78, 5) is 6.52. The molecule has 0 bridgehead atoms. The molecule has 0 spiro atoms. The Labute approximate surface area is 121 Å². The van der Waals surface area contributed by atoms with E-state index in [0.717, 1.165) is 25.1 Å². The predicted octanol–water partition coefficient (Wildman–Crippen LogP) is 1.94. The molecule has 1 aromatic carbocycles. The van der Waals surface area contributed by atoms with Crippen LogP contribution in [0.15, 0.2) is 35.3 Å². The fourth-order valence-corrected chi connectivity index (χ4v) is 2.62. The second kappa shape index (κ2) is 6.27. The molecule has 2 atom stereocenters. The maximum Gasteiger partial charge on any atom is 0.191 e. The van der Waals surface area contributed by atoms with Gasteiger partial charge >= 0.3 is 0 Å². The van der Waals surface area contributed by atoms with Crippen LogP contribution in [0.1, 0.15) is 32.3 Å². The first kappa shape index (κ1) is 14.9. The van der Waals surface area contributed by atoms with E-state index in [0.29, 0.717) is 11.9 Å². The van der Waals surface area contributed by atoms with Crippen molar-refractivity contribution >= 4 is 5.96 Å². The second-order valence-electron chi connectivity index (χ2n) is 6.01. The lowest BCUT2D eigenvalue weighted by molar-refractivity contribution is 0.0669. The van der Waals surface area contributed by atoms with Gasteiger partial charge in [0.1, 0.15) is 5.60 Å². The van der Waals surface area contributed by atoms with Crippen LogP contribution in [0, 0.1) is 5.92 Å². The highest BCUT2D eigenvalue weighted by molar-refractivity contribution is 5.78. The molecule has 1 fully saturated rings. The number of nitrogens with two attached hydrogens (primary N) is 1. The molecule has 1 aliphatic heterocycles. The molecule has 0 aliphatic carbocycles. The van der Waals surface area contributed by atoms with E-state index < -0.39 is 5.60 Å². The SMILES string of the molecule is CC1CCCN(C(N)=NCC(C)(O)c2ccccc2)C1. The molecule has 20 heavy (non-hydrogen) atoms. The van der Waals surface area contributed by atoms with E-state index >= 15 is 0 Å². The number of nitrogens with zero attached hydrogens (tertiary/aromatic N) is 2. The monoisotopic (exact) mass is 275 g/mol. The van der Waals surface area contributed by atoms with Gasteiger partial charge in [-0.15, -0.1) is 0 Å². The molecule has 1 aromatic rings. The summed E-state index contributed by atoms with van der Waals surface area (Å²) < 4.78 is 0. The zero-order chi connectivity index (χ0) is 14.6. The number of guanidine groups is 1. The number of rotatable bonds is 3. The third-order valence-corrected chi connectivity index (χ3v) is 3.93. The number of benzene rings is 1. The highest BCUT2D eigenvalue weighted by Crippen LogP contribution is 2.21. The van der Waals surface area contributed by atoms with Gasteiger partial charge in [-0.3, -0.25) is 0 Å². The number of aliphatic imine (C=N–C) groups is 1. The number of likely N-dealkylation sites (tertiary alicyclic amines) is 1. The Kier molecular flexibility index (Phi) is 4.65. The van der Waals surface area contributed by atoms with E-state index in [9.17, 15) is 5.11 Å². The summed E-state index contributed by atoms with van der Waals surface area (Å²) >= 11 is 0. The Morgan fingerprint density at radius 2 is 2.15 bits per heavy atom. The molecule has 0 amide bonds. The van der Waals surface area contributed by atoms with E-state index in [4.69, 9.17) is 5.73 Å². The van der Waals surface area contributed by atoms with Crippen molar-refractivity contribution in [1.82, 2.24) is 4.90 Å². The summed E-state index contributed by atoms with van der Waals surface area (Å²) in [6, 6.07) is 9.60. The Bertz CT molecular complexity index is 456. The van der Waals surface area contributed by atoms with Crippen molar-refractivity contribution in [1.29, 1.82) is 0 Å². The maximum absolute atomic E-state index is 10.5. The standard InChI is InChI=1S/C16H25N3O/c1-13-7-6-10-19(11-13)15(17)18-12-16(2,20)14-8-4-3-5-9-14/h3-5,8-9,13,20H,6-7,10-12H2,1-2H3,(H2,17,18). The summed E-state index contributed by atoms with van der Waals surface area (Å²) in [5.74, 6) is 1.21. The minimum absolute atomic E-state index is 0.285. The molecule has 0 saturated carbocycles. The minimum Gasteiger partial charge on any atom is -0.384 e. The van der Waals surface area contributed by atoms with Gasteiger partial charge in [0.05, 0.1) is 6.54 Å². The van der Waals surface area contributed by atoms with E-state index in [1.807, 2.05) is 30.3 Å². The Morgan fingerprint density at radius 3 is 2.80 bits per heavy atom. The van der Waals surface area contributed by atoms with Crippen molar-refractivity contribution in [3.63, 3.8) is 0 Å². The molecule has 3 N–H and O–H groups in total. The molecule has 2 unspecified atom stereocenters. The van der Waals surface area contributed by atoms with Crippen LogP contribution in [0.4, 0.5) is 0 Å². The summed E-state index contributed by atoms with van der Waals surface area (Å²) in [6.45, 7) is 6.22. The molecular formula is C16H25N3O. The van der Waals surface area contributed by atoms with Crippen molar-refractivity contribution in [3.8, 4) is 0 Å². The van der Waals surface area contributed by atoms with Crippen LogP contribution in [0.2, 0.25) is 0 Å². The quantitative estimate of drug-likeness (QED) is 0.654. The average Bonchev–Trinajstić information content (AvgIpc) is 2.46. The fourth-order valence-electron chi connectivity index (χ4n) is 2.62. The number of aliphatic hydroxyl groups is 1. The van der Waals surface area contributed by atoms with E-state index in [-0.39, 0.29) is 6.54 Å². The first-order valence-electron chi connectivity index (χ1n) is 7.32. The van der Waals surface area contributed by atoms with Crippen molar-refractivity contribution < 1.29 is 5.11 Å². The third kappa shape index (κ3) is 3.73. The van der Waals surface area contributed by atoms with Gasteiger partial charge in [-0.1, -0.05) is 37.3 Å². The van der Waals surface area contributed by atoms with Gasteiger partial charge in [0.15, 0.2) is 5.96 Å². The molecule has 1 saturated heterocycles. The lowest BCUT2D eigenvalue weighted by Gasteiger charge is -2.32. The molecule has 0 radical (unpaired) electrons. The summed E-state index contributed by atoms with van der Waals surface area (Å²) in [5.41, 5.74) is 5.95. The molecule has 1 heterocycles.